The monoisotopic (exact) mass is 231 g/mol. The molecule has 4 nitrogen and oxygen atoms in total. The number of hydrogen-bond acceptors (Lipinski definition) is 3. The van der Waals surface area contributed by atoms with Crippen LogP contribution >= 0.6 is 0 Å². The number of rotatable bonds is 4. The molecule has 1 aromatic heterocycles. The van der Waals surface area contributed by atoms with Gasteiger partial charge in [0, 0.05) is 17.7 Å². The number of hydrogen-bond donors (Lipinski definition) is 2. The van der Waals surface area contributed by atoms with Crippen molar-refractivity contribution < 1.29 is 4.74 Å². The minimum atomic E-state index is 0.605. The third-order valence-corrected chi connectivity index (χ3v) is 2.78. The van der Waals surface area contributed by atoms with Gasteiger partial charge in [0.1, 0.15) is 5.75 Å². The molecule has 0 aliphatic rings. The number of aryl methyl sites for hydroxylation is 1. The van der Waals surface area contributed by atoms with Crippen molar-refractivity contribution in [3.8, 4) is 16.9 Å². The Morgan fingerprint density at radius 1 is 1.29 bits per heavy atom. The van der Waals surface area contributed by atoms with Crippen LogP contribution in [0, 0.1) is 6.92 Å². The van der Waals surface area contributed by atoms with E-state index in [0.29, 0.717) is 6.54 Å². The predicted molar refractivity (Wildman–Crippen MR) is 68.1 cm³/mol. The number of H-pyrrole nitrogens is 1. The van der Waals surface area contributed by atoms with E-state index in [1.165, 1.54) is 0 Å². The van der Waals surface area contributed by atoms with E-state index in [4.69, 9.17) is 10.5 Å². The number of ether oxygens (including phenoxy) is 1. The third kappa shape index (κ3) is 2.31. The molecular weight excluding hydrogens is 214 g/mol. The van der Waals surface area contributed by atoms with Crippen LogP contribution in [0.25, 0.3) is 11.1 Å². The van der Waals surface area contributed by atoms with Crippen LogP contribution in [-0.4, -0.2) is 23.9 Å². The van der Waals surface area contributed by atoms with Gasteiger partial charge in [0.15, 0.2) is 0 Å². The van der Waals surface area contributed by atoms with E-state index in [1.807, 2.05) is 31.2 Å². The lowest BCUT2D eigenvalue weighted by Crippen LogP contribution is -2.04. The largest absolute Gasteiger partial charge is 0.497 e. The van der Waals surface area contributed by atoms with Gasteiger partial charge >= 0.3 is 0 Å². The van der Waals surface area contributed by atoms with Gasteiger partial charge in [0.05, 0.1) is 12.8 Å². The van der Waals surface area contributed by atoms with Crippen LogP contribution in [0.3, 0.4) is 0 Å². The summed E-state index contributed by atoms with van der Waals surface area (Å²) in [6.07, 6.45) is 0.783. The molecule has 2 rings (SSSR count). The quantitative estimate of drug-likeness (QED) is 0.844. The maximum Gasteiger partial charge on any atom is 0.118 e. The molecule has 0 radical (unpaired) electrons. The Balaban J connectivity index is 2.40. The van der Waals surface area contributed by atoms with E-state index in [1.54, 1.807) is 7.11 Å². The molecule has 1 heterocycles. The lowest BCUT2D eigenvalue weighted by atomic mass is 10.0. The topological polar surface area (TPSA) is 63.9 Å². The molecule has 0 atom stereocenters. The summed E-state index contributed by atoms with van der Waals surface area (Å²) < 4.78 is 5.15. The first-order valence-corrected chi connectivity index (χ1v) is 5.64. The molecule has 0 amide bonds. The van der Waals surface area contributed by atoms with Crippen molar-refractivity contribution in [2.24, 2.45) is 5.73 Å². The number of aromatic nitrogens is 2. The van der Waals surface area contributed by atoms with Crippen molar-refractivity contribution >= 4 is 0 Å². The fourth-order valence-corrected chi connectivity index (χ4v) is 1.94. The van der Waals surface area contributed by atoms with Gasteiger partial charge in [-0.1, -0.05) is 12.1 Å². The van der Waals surface area contributed by atoms with Gasteiger partial charge in [0.2, 0.25) is 0 Å². The van der Waals surface area contributed by atoms with E-state index < -0.39 is 0 Å². The molecule has 2 aromatic rings. The van der Waals surface area contributed by atoms with Crippen LogP contribution in [0.4, 0.5) is 0 Å². The second-order valence-corrected chi connectivity index (χ2v) is 3.94. The Labute approximate surface area is 101 Å². The minimum absolute atomic E-state index is 0.605. The number of nitrogens with one attached hydrogen (secondary N) is 1. The van der Waals surface area contributed by atoms with Crippen LogP contribution in [0.15, 0.2) is 24.3 Å². The molecule has 0 unspecified atom stereocenters. The molecule has 90 valence electrons. The number of benzene rings is 1. The highest BCUT2D eigenvalue weighted by molar-refractivity contribution is 5.69. The molecule has 0 aliphatic heterocycles. The summed E-state index contributed by atoms with van der Waals surface area (Å²) in [6, 6.07) is 7.98. The molecule has 0 fully saturated rings. The number of methoxy groups -OCH3 is 1. The molecule has 17 heavy (non-hydrogen) atoms. The molecule has 0 spiro atoms. The van der Waals surface area contributed by atoms with Crippen LogP contribution in [0.1, 0.15) is 11.4 Å². The van der Waals surface area contributed by atoms with Crippen LogP contribution in [0.5, 0.6) is 5.75 Å². The Morgan fingerprint density at radius 2 is 2.00 bits per heavy atom. The lowest BCUT2D eigenvalue weighted by Gasteiger charge is -2.05. The van der Waals surface area contributed by atoms with E-state index in [-0.39, 0.29) is 0 Å². The zero-order valence-electron chi connectivity index (χ0n) is 10.2. The van der Waals surface area contributed by atoms with Gasteiger partial charge in [-0.05, 0) is 31.2 Å². The Kier molecular flexibility index (Phi) is 3.44. The van der Waals surface area contributed by atoms with Gasteiger partial charge in [-0.25, -0.2) is 0 Å². The van der Waals surface area contributed by atoms with Crippen molar-refractivity contribution in [2.75, 3.05) is 13.7 Å². The maximum absolute atomic E-state index is 5.59. The number of nitrogens with zero attached hydrogens (tertiary/aromatic N) is 1. The minimum Gasteiger partial charge on any atom is -0.497 e. The van der Waals surface area contributed by atoms with Crippen LogP contribution in [-0.2, 0) is 6.42 Å². The molecule has 4 heteroatoms. The van der Waals surface area contributed by atoms with E-state index in [2.05, 4.69) is 10.2 Å². The number of aromatic amines is 1. The SMILES string of the molecule is COc1ccc(-c2c(CCN)n[nH]c2C)cc1. The first-order valence-electron chi connectivity index (χ1n) is 5.64. The molecule has 3 N–H and O–H groups in total. The van der Waals surface area contributed by atoms with Crippen LogP contribution < -0.4 is 10.5 Å². The fourth-order valence-electron chi connectivity index (χ4n) is 1.94. The smallest absolute Gasteiger partial charge is 0.118 e. The maximum atomic E-state index is 5.59. The van der Waals surface area contributed by atoms with Gasteiger partial charge < -0.3 is 10.5 Å². The van der Waals surface area contributed by atoms with Crippen molar-refractivity contribution in [2.45, 2.75) is 13.3 Å². The van der Waals surface area contributed by atoms with E-state index in [9.17, 15) is 0 Å². The standard InChI is InChI=1S/C13H17N3O/c1-9-13(12(7-8-14)16-15-9)10-3-5-11(17-2)6-4-10/h3-6H,7-8,14H2,1-2H3,(H,15,16). The summed E-state index contributed by atoms with van der Waals surface area (Å²) in [5.74, 6) is 0.857. The zero-order chi connectivity index (χ0) is 12.3. The average molecular weight is 231 g/mol. The van der Waals surface area contributed by atoms with Crippen molar-refractivity contribution in [3.63, 3.8) is 0 Å². The number of nitrogens with two attached hydrogens (primary N) is 1. The Bertz CT molecular complexity index is 488. The second-order valence-electron chi connectivity index (χ2n) is 3.94. The highest BCUT2D eigenvalue weighted by atomic mass is 16.5. The highest BCUT2D eigenvalue weighted by Gasteiger charge is 2.11. The fraction of sp³-hybridized carbons (Fsp3) is 0.308. The summed E-state index contributed by atoms with van der Waals surface area (Å²) in [4.78, 5) is 0. The van der Waals surface area contributed by atoms with Gasteiger partial charge in [-0.2, -0.15) is 5.10 Å². The van der Waals surface area contributed by atoms with E-state index >= 15 is 0 Å². The molecule has 1 aromatic carbocycles. The van der Waals surface area contributed by atoms with Gasteiger partial charge in [-0.3, -0.25) is 5.10 Å². The summed E-state index contributed by atoms with van der Waals surface area (Å²) >= 11 is 0. The lowest BCUT2D eigenvalue weighted by molar-refractivity contribution is 0.415. The van der Waals surface area contributed by atoms with Crippen molar-refractivity contribution in [3.05, 3.63) is 35.7 Å². The van der Waals surface area contributed by atoms with Crippen LogP contribution in [0.2, 0.25) is 0 Å². The average Bonchev–Trinajstić information content (AvgIpc) is 2.71. The molecular formula is C13H17N3O. The first kappa shape index (κ1) is 11.7. The molecule has 0 saturated carbocycles. The predicted octanol–water partition coefficient (Wildman–Crippen LogP) is 1.89. The summed E-state index contributed by atoms with van der Waals surface area (Å²) in [7, 11) is 1.66. The third-order valence-electron chi connectivity index (χ3n) is 2.78. The normalized spacial score (nSPS) is 10.5. The van der Waals surface area contributed by atoms with Gasteiger partial charge in [-0.15, -0.1) is 0 Å². The zero-order valence-corrected chi connectivity index (χ0v) is 10.2. The highest BCUT2D eigenvalue weighted by Crippen LogP contribution is 2.27. The summed E-state index contributed by atoms with van der Waals surface area (Å²) in [5, 5.41) is 7.30. The Hall–Kier alpha value is -1.81. The van der Waals surface area contributed by atoms with Crippen molar-refractivity contribution in [1.29, 1.82) is 0 Å². The summed E-state index contributed by atoms with van der Waals surface area (Å²) in [5.41, 5.74) is 9.97. The Morgan fingerprint density at radius 3 is 2.59 bits per heavy atom. The van der Waals surface area contributed by atoms with E-state index in [0.717, 1.165) is 34.7 Å². The molecule has 0 saturated heterocycles. The molecule has 0 aliphatic carbocycles. The van der Waals surface area contributed by atoms with Crippen molar-refractivity contribution in [1.82, 2.24) is 10.2 Å². The van der Waals surface area contributed by atoms with Gasteiger partial charge in [0.25, 0.3) is 0 Å². The summed E-state index contributed by atoms with van der Waals surface area (Å²) in [6.45, 7) is 2.63. The second kappa shape index (κ2) is 5.01. The molecule has 0 bridgehead atoms. The first-order chi connectivity index (χ1) is 8.26.